The van der Waals surface area contributed by atoms with Crippen molar-refractivity contribution in [2.75, 3.05) is 0 Å². The van der Waals surface area contributed by atoms with Gasteiger partial charge in [-0.05, 0) is 38.3 Å². The van der Waals surface area contributed by atoms with Crippen LogP contribution in [0.25, 0.3) is 0 Å². The van der Waals surface area contributed by atoms with Gasteiger partial charge in [0, 0.05) is 11.1 Å². The number of carbonyl (C=O) groups excluding carboxylic acids is 1. The van der Waals surface area contributed by atoms with Crippen LogP contribution in [-0.2, 0) is 4.79 Å². The molecule has 1 amide bonds. The first-order valence-electron chi connectivity index (χ1n) is 5.30. The highest BCUT2D eigenvalue weighted by atomic mass is 16.2. The molecular formula is C13H19NO. The Bertz CT molecular complexity index is 332. The first kappa shape index (κ1) is 11.8. The number of amides is 1. The highest BCUT2D eigenvalue weighted by molar-refractivity contribution is 5.86. The van der Waals surface area contributed by atoms with E-state index in [1.807, 2.05) is 39.0 Å². The molecule has 0 aromatic rings. The zero-order valence-electron chi connectivity index (χ0n) is 9.76. The third-order valence-corrected chi connectivity index (χ3v) is 2.71. The van der Waals surface area contributed by atoms with Crippen molar-refractivity contribution in [1.82, 2.24) is 5.32 Å². The van der Waals surface area contributed by atoms with Gasteiger partial charge in [0.1, 0.15) is 0 Å². The van der Waals surface area contributed by atoms with Crippen LogP contribution in [-0.4, -0.2) is 5.91 Å². The highest BCUT2D eigenvalue weighted by Gasteiger charge is 2.44. The first-order chi connectivity index (χ1) is 6.99. The molecule has 82 valence electrons. The molecule has 0 aromatic carbocycles. The maximum atomic E-state index is 11.8. The van der Waals surface area contributed by atoms with Gasteiger partial charge in [-0.2, -0.15) is 0 Å². The molecule has 1 fully saturated rings. The van der Waals surface area contributed by atoms with Crippen molar-refractivity contribution in [2.24, 2.45) is 5.41 Å². The van der Waals surface area contributed by atoms with Crippen molar-refractivity contribution in [3.63, 3.8) is 0 Å². The molecule has 1 aliphatic carbocycles. The number of rotatable bonds is 4. The molecule has 0 radical (unpaired) electrons. The summed E-state index contributed by atoms with van der Waals surface area (Å²) in [6.45, 7) is 9.68. The lowest BCUT2D eigenvalue weighted by atomic mass is 10.1. The Balaban J connectivity index is 2.67. The van der Waals surface area contributed by atoms with Crippen molar-refractivity contribution in [1.29, 1.82) is 0 Å². The second kappa shape index (κ2) is 4.47. The quantitative estimate of drug-likeness (QED) is 0.702. The van der Waals surface area contributed by atoms with Crippen LogP contribution in [0.15, 0.2) is 36.1 Å². The monoisotopic (exact) mass is 205 g/mol. The average molecular weight is 205 g/mol. The summed E-state index contributed by atoms with van der Waals surface area (Å²) in [5.41, 5.74) is 1.56. The smallest absolute Gasteiger partial charge is 0.230 e. The van der Waals surface area contributed by atoms with E-state index in [0.29, 0.717) is 0 Å². The molecule has 0 bridgehead atoms. The van der Waals surface area contributed by atoms with Gasteiger partial charge >= 0.3 is 0 Å². The lowest BCUT2D eigenvalue weighted by Crippen LogP contribution is -2.29. The van der Waals surface area contributed by atoms with Crippen LogP contribution in [0.1, 0.15) is 33.6 Å². The molecule has 0 saturated heterocycles. The Morgan fingerprint density at radius 1 is 1.47 bits per heavy atom. The molecule has 0 heterocycles. The van der Waals surface area contributed by atoms with Gasteiger partial charge in [-0.15, -0.1) is 0 Å². The Morgan fingerprint density at radius 2 is 2.07 bits per heavy atom. The zero-order valence-corrected chi connectivity index (χ0v) is 9.76. The number of carbonyl (C=O) groups is 1. The summed E-state index contributed by atoms with van der Waals surface area (Å²) in [6.07, 6.45) is 7.69. The molecule has 1 aliphatic rings. The Kier molecular flexibility index (Phi) is 3.51. The van der Waals surface area contributed by atoms with E-state index in [9.17, 15) is 4.79 Å². The third-order valence-electron chi connectivity index (χ3n) is 2.71. The van der Waals surface area contributed by atoms with E-state index in [4.69, 9.17) is 0 Å². The van der Waals surface area contributed by atoms with Crippen molar-refractivity contribution < 1.29 is 4.79 Å². The van der Waals surface area contributed by atoms with Gasteiger partial charge in [-0.25, -0.2) is 0 Å². The van der Waals surface area contributed by atoms with Gasteiger partial charge in [-0.3, -0.25) is 4.79 Å². The van der Waals surface area contributed by atoms with E-state index in [1.54, 1.807) is 0 Å². The minimum Gasteiger partial charge on any atom is -0.325 e. The second-order valence-electron chi connectivity index (χ2n) is 4.40. The third kappa shape index (κ3) is 3.08. The van der Waals surface area contributed by atoms with E-state index < -0.39 is 0 Å². The van der Waals surface area contributed by atoms with Crippen LogP contribution in [0.4, 0.5) is 0 Å². The standard InChI is InChI=1S/C13H19NO/c1-5-6-7-11(10(2)3)14-12(15)13(4)8-9-13/h5-7H,2,8-9H2,1,3-4H3,(H,14,15)/b6-5-,11-7+. The number of hydrogen-bond acceptors (Lipinski definition) is 1. The summed E-state index contributed by atoms with van der Waals surface area (Å²) in [5.74, 6) is 0.112. The maximum absolute atomic E-state index is 11.8. The Hall–Kier alpha value is -1.31. The lowest BCUT2D eigenvalue weighted by molar-refractivity contribution is -0.124. The largest absolute Gasteiger partial charge is 0.325 e. The Labute approximate surface area is 91.8 Å². The van der Waals surface area contributed by atoms with Crippen LogP contribution >= 0.6 is 0 Å². The van der Waals surface area contributed by atoms with Gasteiger partial charge in [0.15, 0.2) is 0 Å². The predicted molar refractivity (Wildman–Crippen MR) is 63.2 cm³/mol. The van der Waals surface area contributed by atoms with Gasteiger partial charge in [0.25, 0.3) is 0 Å². The molecule has 0 atom stereocenters. The predicted octanol–water partition coefficient (Wildman–Crippen LogP) is 2.94. The molecule has 0 aromatic heterocycles. The van der Waals surface area contributed by atoms with E-state index in [-0.39, 0.29) is 11.3 Å². The van der Waals surface area contributed by atoms with E-state index in [2.05, 4.69) is 11.9 Å². The normalized spacial score (nSPS) is 19.0. The van der Waals surface area contributed by atoms with Crippen molar-refractivity contribution in [3.05, 3.63) is 36.1 Å². The van der Waals surface area contributed by atoms with Crippen molar-refractivity contribution in [2.45, 2.75) is 33.6 Å². The first-order valence-corrected chi connectivity index (χ1v) is 5.30. The molecule has 0 unspecified atom stereocenters. The average Bonchev–Trinajstić information content (AvgIpc) is 2.91. The second-order valence-corrected chi connectivity index (χ2v) is 4.40. The molecule has 1 rings (SSSR count). The molecule has 1 saturated carbocycles. The van der Waals surface area contributed by atoms with Crippen molar-refractivity contribution >= 4 is 5.91 Å². The number of allylic oxidation sites excluding steroid dienone is 4. The highest BCUT2D eigenvalue weighted by Crippen LogP contribution is 2.45. The fourth-order valence-electron chi connectivity index (χ4n) is 1.17. The van der Waals surface area contributed by atoms with Crippen molar-refractivity contribution in [3.8, 4) is 0 Å². The zero-order chi connectivity index (χ0) is 11.5. The molecule has 2 heteroatoms. The summed E-state index contributed by atoms with van der Waals surface area (Å²) in [5, 5.41) is 2.93. The lowest BCUT2D eigenvalue weighted by Gasteiger charge is -2.12. The van der Waals surface area contributed by atoms with Crippen LogP contribution in [0, 0.1) is 5.41 Å². The van der Waals surface area contributed by atoms with E-state index in [1.165, 1.54) is 0 Å². The topological polar surface area (TPSA) is 29.1 Å². The molecule has 1 N–H and O–H groups in total. The van der Waals surface area contributed by atoms with E-state index >= 15 is 0 Å². The van der Waals surface area contributed by atoms with Crippen LogP contribution < -0.4 is 5.32 Å². The minimum atomic E-state index is -0.134. The summed E-state index contributed by atoms with van der Waals surface area (Å²) in [4.78, 5) is 11.8. The summed E-state index contributed by atoms with van der Waals surface area (Å²) in [6, 6.07) is 0. The van der Waals surface area contributed by atoms with Crippen LogP contribution in [0.2, 0.25) is 0 Å². The molecular weight excluding hydrogens is 186 g/mol. The summed E-state index contributed by atoms with van der Waals surface area (Å²) in [7, 11) is 0. The molecule has 15 heavy (non-hydrogen) atoms. The van der Waals surface area contributed by atoms with E-state index in [0.717, 1.165) is 24.1 Å². The minimum absolute atomic E-state index is 0.112. The SMILES string of the molecule is C=C(C)/C(=C\C=C/C)NC(=O)C1(C)CC1. The summed E-state index contributed by atoms with van der Waals surface area (Å²) < 4.78 is 0. The maximum Gasteiger partial charge on any atom is 0.230 e. The molecule has 0 spiro atoms. The summed E-state index contributed by atoms with van der Waals surface area (Å²) >= 11 is 0. The number of hydrogen-bond donors (Lipinski definition) is 1. The van der Waals surface area contributed by atoms with Crippen LogP contribution in [0.5, 0.6) is 0 Å². The fourth-order valence-corrected chi connectivity index (χ4v) is 1.17. The Morgan fingerprint density at radius 3 is 2.47 bits per heavy atom. The molecule has 2 nitrogen and oxygen atoms in total. The van der Waals surface area contributed by atoms with Gasteiger partial charge in [0.05, 0.1) is 0 Å². The van der Waals surface area contributed by atoms with Gasteiger partial charge < -0.3 is 5.32 Å². The number of nitrogens with one attached hydrogen (secondary N) is 1. The molecule has 0 aliphatic heterocycles. The van der Waals surface area contributed by atoms with Gasteiger partial charge in [0.2, 0.25) is 5.91 Å². The fraction of sp³-hybridized carbons (Fsp3) is 0.462. The van der Waals surface area contributed by atoms with Crippen LogP contribution in [0.3, 0.4) is 0 Å². The van der Waals surface area contributed by atoms with Gasteiger partial charge in [-0.1, -0.05) is 25.7 Å².